The summed E-state index contributed by atoms with van der Waals surface area (Å²) in [6.07, 6.45) is 5.09. The Labute approximate surface area is 191 Å². The van der Waals surface area contributed by atoms with Crippen LogP contribution in [0.25, 0.3) is 6.08 Å². The molecule has 7 heteroatoms. The van der Waals surface area contributed by atoms with Gasteiger partial charge in [0, 0.05) is 25.7 Å². The molecule has 0 fully saturated rings. The topological polar surface area (TPSA) is 56.6 Å². The van der Waals surface area contributed by atoms with Crippen LogP contribution in [0.3, 0.4) is 0 Å². The molecule has 3 aromatic rings. The van der Waals surface area contributed by atoms with Gasteiger partial charge in [-0.1, -0.05) is 18.2 Å². The number of methoxy groups -OCH3 is 1. The van der Waals surface area contributed by atoms with E-state index >= 15 is 0 Å². The summed E-state index contributed by atoms with van der Waals surface area (Å²) >= 11 is 3.46. The van der Waals surface area contributed by atoms with Crippen LogP contribution in [-0.2, 0) is 25.0 Å². The summed E-state index contributed by atoms with van der Waals surface area (Å²) in [7, 11) is 5.25. The van der Waals surface area contributed by atoms with Crippen LogP contribution < -0.4 is 9.47 Å². The van der Waals surface area contributed by atoms with Crippen molar-refractivity contribution in [1.29, 1.82) is 0 Å². The molecule has 1 aromatic heterocycles. The van der Waals surface area contributed by atoms with Gasteiger partial charge in [-0.2, -0.15) is 5.10 Å². The summed E-state index contributed by atoms with van der Waals surface area (Å²) in [6, 6.07) is 13.7. The van der Waals surface area contributed by atoms with E-state index in [-0.39, 0.29) is 5.91 Å². The van der Waals surface area contributed by atoms with E-state index < -0.39 is 0 Å². The molecule has 0 aliphatic rings. The highest BCUT2D eigenvalue weighted by Gasteiger charge is 2.12. The van der Waals surface area contributed by atoms with Gasteiger partial charge in [-0.25, -0.2) is 0 Å². The molecule has 0 saturated carbocycles. The maximum atomic E-state index is 12.6. The number of nitrogens with zero attached hydrogens (tertiary/aromatic N) is 3. The minimum Gasteiger partial charge on any atom is -0.496 e. The maximum Gasteiger partial charge on any atom is 0.246 e. The van der Waals surface area contributed by atoms with Gasteiger partial charge in [0.1, 0.15) is 18.1 Å². The molecule has 0 bridgehead atoms. The van der Waals surface area contributed by atoms with Crippen molar-refractivity contribution in [3.8, 4) is 11.5 Å². The zero-order valence-corrected chi connectivity index (χ0v) is 19.7. The standard InChI is InChI=1S/C24H26BrN3O3/c1-17-6-5-7-20(12-17)31-16-19-13-18(8-10-23(19)30-4)9-11-24(29)27(2)15-22-21(25)14-26-28(22)3/h5-14H,15-16H2,1-4H3/b11-9+. The first-order valence-electron chi connectivity index (χ1n) is 9.83. The minimum absolute atomic E-state index is 0.0959. The van der Waals surface area contributed by atoms with E-state index in [2.05, 4.69) is 21.0 Å². The summed E-state index contributed by atoms with van der Waals surface area (Å²) in [4.78, 5) is 14.2. The van der Waals surface area contributed by atoms with Crippen molar-refractivity contribution < 1.29 is 14.3 Å². The molecule has 1 amide bonds. The van der Waals surface area contributed by atoms with E-state index in [1.165, 1.54) is 0 Å². The predicted octanol–water partition coefficient (Wildman–Crippen LogP) is 4.75. The summed E-state index contributed by atoms with van der Waals surface area (Å²) in [5, 5.41) is 4.18. The lowest BCUT2D eigenvalue weighted by atomic mass is 10.1. The van der Waals surface area contributed by atoms with Crippen LogP contribution >= 0.6 is 15.9 Å². The van der Waals surface area contributed by atoms with Gasteiger partial charge in [-0.3, -0.25) is 9.48 Å². The second-order valence-electron chi connectivity index (χ2n) is 7.27. The number of carbonyl (C=O) groups excluding carboxylic acids is 1. The molecule has 0 aliphatic heterocycles. The number of ether oxygens (including phenoxy) is 2. The van der Waals surface area contributed by atoms with Crippen LogP contribution in [0.4, 0.5) is 0 Å². The van der Waals surface area contributed by atoms with E-state index in [0.29, 0.717) is 13.2 Å². The van der Waals surface area contributed by atoms with Crippen molar-refractivity contribution in [2.45, 2.75) is 20.1 Å². The van der Waals surface area contributed by atoms with E-state index in [0.717, 1.165) is 38.4 Å². The molecular weight excluding hydrogens is 458 g/mol. The van der Waals surface area contributed by atoms with Gasteiger partial charge >= 0.3 is 0 Å². The molecule has 0 radical (unpaired) electrons. The monoisotopic (exact) mass is 483 g/mol. The maximum absolute atomic E-state index is 12.6. The summed E-state index contributed by atoms with van der Waals surface area (Å²) in [5.74, 6) is 1.46. The van der Waals surface area contributed by atoms with Crippen LogP contribution in [0.5, 0.6) is 11.5 Å². The van der Waals surface area contributed by atoms with Gasteiger partial charge in [0.15, 0.2) is 0 Å². The first-order valence-corrected chi connectivity index (χ1v) is 10.6. The largest absolute Gasteiger partial charge is 0.496 e. The number of aromatic nitrogens is 2. The first-order chi connectivity index (χ1) is 14.9. The summed E-state index contributed by atoms with van der Waals surface area (Å²) in [5.41, 5.74) is 3.88. The van der Waals surface area contributed by atoms with Gasteiger partial charge in [-0.05, 0) is 64.3 Å². The van der Waals surface area contributed by atoms with Gasteiger partial charge in [0.2, 0.25) is 5.91 Å². The van der Waals surface area contributed by atoms with Gasteiger partial charge in [0.25, 0.3) is 0 Å². The smallest absolute Gasteiger partial charge is 0.246 e. The van der Waals surface area contributed by atoms with Crippen molar-refractivity contribution in [1.82, 2.24) is 14.7 Å². The lowest BCUT2D eigenvalue weighted by Crippen LogP contribution is -2.25. The Morgan fingerprint density at radius 1 is 1.26 bits per heavy atom. The number of hydrogen-bond acceptors (Lipinski definition) is 4. The second-order valence-corrected chi connectivity index (χ2v) is 8.12. The van der Waals surface area contributed by atoms with E-state index in [1.54, 1.807) is 42.1 Å². The zero-order valence-electron chi connectivity index (χ0n) is 18.1. The second kappa shape index (κ2) is 10.3. The lowest BCUT2D eigenvalue weighted by Gasteiger charge is -2.15. The molecule has 0 N–H and O–H groups in total. The fraction of sp³-hybridized carbons (Fsp3) is 0.250. The molecule has 3 rings (SSSR count). The Morgan fingerprint density at radius 2 is 2.06 bits per heavy atom. The third-order valence-corrected chi connectivity index (χ3v) is 5.54. The Morgan fingerprint density at radius 3 is 2.74 bits per heavy atom. The molecule has 1 heterocycles. The van der Waals surface area contributed by atoms with Gasteiger partial charge < -0.3 is 14.4 Å². The van der Waals surface area contributed by atoms with Crippen LogP contribution in [-0.4, -0.2) is 34.7 Å². The fourth-order valence-electron chi connectivity index (χ4n) is 3.09. The Kier molecular flexibility index (Phi) is 7.52. The number of hydrogen-bond donors (Lipinski definition) is 0. The van der Waals surface area contributed by atoms with Crippen molar-refractivity contribution >= 4 is 27.9 Å². The summed E-state index contributed by atoms with van der Waals surface area (Å²) in [6.45, 7) is 2.86. The lowest BCUT2D eigenvalue weighted by molar-refractivity contribution is -0.125. The highest BCUT2D eigenvalue weighted by atomic mass is 79.9. The third-order valence-electron chi connectivity index (χ3n) is 4.88. The normalized spacial score (nSPS) is 11.0. The molecule has 162 valence electrons. The quantitative estimate of drug-likeness (QED) is 0.433. The summed E-state index contributed by atoms with van der Waals surface area (Å²) < 4.78 is 14.0. The molecule has 0 atom stereocenters. The van der Waals surface area contributed by atoms with Gasteiger partial charge in [-0.15, -0.1) is 0 Å². The van der Waals surface area contributed by atoms with Crippen LogP contribution in [0.2, 0.25) is 0 Å². The van der Waals surface area contributed by atoms with Crippen LogP contribution in [0.1, 0.15) is 22.4 Å². The Balaban J connectivity index is 1.68. The minimum atomic E-state index is -0.0959. The third kappa shape index (κ3) is 5.98. The molecule has 6 nitrogen and oxygen atoms in total. The van der Waals surface area contributed by atoms with E-state index in [1.807, 2.05) is 56.4 Å². The number of rotatable bonds is 8. The molecule has 0 spiro atoms. The molecular formula is C24H26BrN3O3. The predicted molar refractivity (Wildman–Crippen MR) is 125 cm³/mol. The van der Waals surface area contributed by atoms with Crippen molar-refractivity contribution in [3.05, 3.63) is 81.6 Å². The number of halogens is 1. The first kappa shape index (κ1) is 22.6. The Hall–Kier alpha value is -3.06. The molecule has 0 unspecified atom stereocenters. The van der Waals surface area contributed by atoms with Crippen LogP contribution in [0, 0.1) is 6.92 Å². The van der Waals surface area contributed by atoms with E-state index in [4.69, 9.17) is 9.47 Å². The number of aryl methyl sites for hydroxylation is 2. The molecule has 0 aliphatic carbocycles. The van der Waals surface area contributed by atoms with E-state index in [9.17, 15) is 4.79 Å². The van der Waals surface area contributed by atoms with Crippen molar-refractivity contribution in [2.24, 2.45) is 7.05 Å². The average molecular weight is 484 g/mol. The van der Waals surface area contributed by atoms with Crippen molar-refractivity contribution in [2.75, 3.05) is 14.2 Å². The number of carbonyl (C=O) groups is 1. The van der Waals surface area contributed by atoms with Gasteiger partial charge in [0.05, 0.1) is 30.0 Å². The highest BCUT2D eigenvalue weighted by molar-refractivity contribution is 9.10. The number of likely N-dealkylation sites (N-methyl/N-ethyl adjacent to an activating group) is 1. The Bertz CT molecular complexity index is 1070. The zero-order chi connectivity index (χ0) is 22.4. The fourth-order valence-corrected chi connectivity index (χ4v) is 3.57. The average Bonchev–Trinajstić information content (AvgIpc) is 3.08. The molecule has 2 aromatic carbocycles. The number of amides is 1. The van der Waals surface area contributed by atoms with Crippen molar-refractivity contribution in [3.63, 3.8) is 0 Å². The SMILES string of the molecule is COc1ccc(/C=C/C(=O)N(C)Cc2c(Br)cnn2C)cc1COc1cccc(C)c1. The molecule has 31 heavy (non-hydrogen) atoms. The molecule has 0 saturated heterocycles. The number of benzene rings is 2. The highest BCUT2D eigenvalue weighted by Crippen LogP contribution is 2.23. The van der Waals surface area contributed by atoms with Crippen LogP contribution in [0.15, 0.2) is 59.2 Å².